The molecule has 0 aromatic heterocycles. The molecule has 0 saturated carbocycles. The number of aliphatic hydroxyl groups excluding tert-OH is 1. The van der Waals surface area contributed by atoms with E-state index in [1.54, 1.807) is 0 Å². The molecule has 0 amide bonds. The number of phosphoric acid groups is 2. The third-order valence-corrected chi connectivity index (χ3v) is 15.2. The van der Waals surface area contributed by atoms with Crippen LogP contribution in [0.25, 0.3) is 0 Å². The largest absolute Gasteiger partial charge is 0.472 e. The number of rotatable bonds is 58. The number of unbranched alkanes of at least 4 members (excludes halogenated alkanes) is 30. The predicted octanol–water partition coefficient (Wildman–Crippen LogP) is 15.5. The molecule has 19 heteroatoms. The van der Waals surface area contributed by atoms with Gasteiger partial charge < -0.3 is 33.8 Å². The normalized spacial score (nSPS) is 14.4. The molecule has 0 saturated heterocycles. The number of aliphatic hydroxyl groups is 1. The molecule has 0 heterocycles. The fraction of sp³-hybridized carbons (Fsp3) is 0.931. The molecular formula is C58H112O17P2. The van der Waals surface area contributed by atoms with E-state index in [-0.39, 0.29) is 25.7 Å². The first-order chi connectivity index (χ1) is 37.0. The molecule has 0 aliphatic rings. The lowest BCUT2D eigenvalue weighted by Crippen LogP contribution is -2.30. The van der Waals surface area contributed by atoms with Crippen LogP contribution in [0.3, 0.4) is 0 Å². The first-order valence-electron chi connectivity index (χ1n) is 30.6. The zero-order valence-electron chi connectivity index (χ0n) is 49.1. The van der Waals surface area contributed by atoms with Crippen LogP contribution in [-0.2, 0) is 65.4 Å². The Hall–Kier alpha value is -1.94. The maximum atomic E-state index is 12.9. The molecule has 5 atom stereocenters. The third-order valence-electron chi connectivity index (χ3n) is 13.3. The van der Waals surface area contributed by atoms with E-state index in [4.69, 9.17) is 37.0 Å². The second-order valence-corrected chi connectivity index (χ2v) is 24.4. The first-order valence-corrected chi connectivity index (χ1v) is 33.6. The lowest BCUT2D eigenvalue weighted by molar-refractivity contribution is -0.161. The molecule has 0 aliphatic carbocycles. The summed E-state index contributed by atoms with van der Waals surface area (Å²) >= 11 is 0. The highest BCUT2D eigenvalue weighted by Crippen LogP contribution is 2.45. The van der Waals surface area contributed by atoms with Crippen LogP contribution in [0, 0.1) is 5.92 Å². The van der Waals surface area contributed by atoms with Gasteiger partial charge >= 0.3 is 39.5 Å². The summed E-state index contributed by atoms with van der Waals surface area (Å²) in [7, 11) is -9.86. The SMILES string of the molecule is CCCCCCCCCCCCCCCC(=O)O[C@H](COC(=O)CCCCCCCCCCCC(C)C)COP(=O)(O)OC[C@@H](O)COP(=O)(O)OC[C@@H](COC(=O)CCCCCCC)OC(=O)CCCCCCCCC. The van der Waals surface area contributed by atoms with Crippen LogP contribution in [0.15, 0.2) is 0 Å². The number of hydrogen-bond acceptors (Lipinski definition) is 15. The Labute approximate surface area is 467 Å². The van der Waals surface area contributed by atoms with Gasteiger partial charge in [-0.1, -0.05) is 234 Å². The number of phosphoric ester groups is 2. The van der Waals surface area contributed by atoms with Crippen LogP contribution in [0.5, 0.6) is 0 Å². The summed E-state index contributed by atoms with van der Waals surface area (Å²) in [5.74, 6) is -1.41. The monoisotopic (exact) mass is 1140 g/mol. The number of carbonyl (C=O) groups excluding carboxylic acids is 4. The maximum absolute atomic E-state index is 12.9. The highest BCUT2D eigenvalue weighted by Gasteiger charge is 2.30. The van der Waals surface area contributed by atoms with Crippen LogP contribution < -0.4 is 0 Å². The first kappa shape index (κ1) is 75.1. The van der Waals surface area contributed by atoms with Gasteiger partial charge in [0.25, 0.3) is 0 Å². The van der Waals surface area contributed by atoms with Crippen molar-refractivity contribution >= 4 is 39.5 Å². The van der Waals surface area contributed by atoms with Gasteiger partial charge in [0.1, 0.15) is 19.3 Å². The Balaban J connectivity index is 5.17. The summed E-state index contributed by atoms with van der Waals surface area (Å²) in [5, 5.41) is 10.5. The Bertz CT molecular complexity index is 1520. The molecule has 0 aliphatic heterocycles. The van der Waals surface area contributed by atoms with Gasteiger partial charge in [-0.05, 0) is 31.6 Å². The molecule has 77 heavy (non-hydrogen) atoms. The Kier molecular flexibility index (Phi) is 50.8. The number of hydrogen-bond donors (Lipinski definition) is 3. The second-order valence-electron chi connectivity index (χ2n) is 21.5. The zero-order chi connectivity index (χ0) is 57.1. The number of esters is 4. The van der Waals surface area contributed by atoms with Gasteiger partial charge in [0.05, 0.1) is 26.4 Å². The molecule has 0 spiro atoms. The summed E-state index contributed by atoms with van der Waals surface area (Å²) in [5.41, 5.74) is 0. The molecule has 0 aromatic rings. The van der Waals surface area contributed by atoms with Gasteiger partial charge in [-0.25, -0.2) is 9.13 Å². The van der Waals surface area contributed by atoms with E-state index in [0.29, 0.717) is 25.7 Å². The molecule has 456 valence electrons. The fourth-order valence-electron chi connectivity index (χ4n) is 8.52. The summed E-state index contributed by atoms with van der Waals surface area (Å²) in [4.78, 5) is 71.6. The molecule has 2 unspecified atom stereocenters. The highest BCUT2D eigenvalue weighted by molar-refractivity contribution is 7.47. The van der Waals surface area contributed by atoms with Crippen LogP contribution in [0.4, 0.5) is 0 Å². The average Bonchev–Trinajstić information content (AvgIpc) is 3.39. The minimum Gasteiger partial charge on any atom is -0.462 e. The maximum Gasteiger partial charge on any atom is 0.472 e. The predicted molar refractivity (Wildman–Crippen MR) is 303 cm³/mol. The quantitative estimate of drug-likeness (QED) is 0.0222. The highest BCUT2D eigenvalue weighted by atomic mass is 31.2. The standard InChI is InChI=1S/C58H112O17P2/c1-6-9-12-15-17-18-19-20-21-24-29-34-39-44-58(63)75-54(48-69-56(61)42-37-32-28-25-22-23-27-31-35-40-51(4)5)50-73-77(66,67)71-46-52(59)45-70-76(64,65)72-49-53(47-68-55(60)41-36-30-14-11-8-3)74-57(62)43-38-33-26-16-13-10-7-2/h51-54,59H,6-50H2,1-5H3,(H,64,65)(H,66,67)/t52-,53+,54+/m0/s1. The zero-order valence-corrected chi connectivity index (χ0v) is 50.9. The molecule has 3 N–H and O–H groups in total. The number of ether oxygens (including phenoxy) is 4. The van der Waals surface area contributed by atoms with Crippen molar-refractivity contribution in [1.29, 1.82) is 0 Å². The van der Waals surface area contributed by atoms with Crippen molar-refractivity contribution in [3.05, 3.63) is 0 Å². The average molecular weight is 1140 g/mol. The summed E-state index contributed by atoms with van der Waals surface area (Å²) in [6.45, 7) is 7.00. The van der Waals surface area contributed by atoms with Gasteiger partial charge in [0.15, 0.2) is 12.2 Å². The van der Waals surface area contributed by atoms with E-state index in [2.05, 4.69) is 34.6 Å². The summed E-state index contributed by atoms with van der Waals surface area (Å²) < 4.78 is 67.5. The molecule has 17 nitrogen and oxygen atoms in total. The summed E-state index contributed by atoms with van der Waals surface area (Å²) in [6.07, 6.45) is 33.9. The van der Waals surface area contributed by atoms with E-state index in [1.165, 1.54) is 89.9 Å². The molecule has 0 bridgehead atoms. The van der Waals surface area contributed by atoms with Crippen LogP contribution >= 0.6 is 15.6 Å². The van der Waals surface area contributed by atoms with E-state index < -0.39 is 97.5 Å². The molecular weight excluding hydrogens is 1030 g/mol. The van der Waals surface area contributed by atoms with Crippen molar-refractivity contribution in [2.75, 3.05) is 39.6 Å². The summed E-state index contributed by atoms with van der Waals surface area (Å²) in [6, 6.07) is 0. The molecule has 0 rings (SSSR count). The molecule has 0 aromatic carbocycles. The van der Waals surface area contributed by atoms with Gasteiger partial charge in [-0.2, -0.15) is 0 Å². The van der Waals surface area contributed by atoms with E-state index in [9.17, 15) is 43.2 Å². The van der Waals surface area contributed by atoms with Crippen molar-refractivity contribution in [3.8, 4) is 0 Å². The molecule has 0 fully saturated rings. The van der Waals surface area contributed by atoms with Crippen molar-refractivity contribution in [2.24, 2.45) is 5.92 Å². The third kappa shape index (κ3) is 53.2. The van der Waals surface area contributed by atoms with E-state index in [0.717, 1.165) is 115 Å². The smallest absolute Gasteiger partial charge is 0.462 e. The second kappa shape index (κ2) is 52.2. The van der Waals surface area contributed by atoms with Crippen molar-refractivity contribution in [3.63, 3.8) is 0 Å². The minimum absolute atomic E-state index is 0.103. The Morgan fingerprint density at radius 1 is 0.351 bits per heavy atom. The fourth-order valence-corrected chi connectivity index (χ4v) is 10.1. The van der Waals surface area contributed by atoms with Crippen molar-refractivity contribution in [1.82, 2.24) is 0 Å². The van der Waals surface area contributed by atoms with Crippen molar-refractivity contribution in [2.45, 2.75) is 303 Å². The van der Waals surface area contributed by atoms with E-state index >= 15 is 0 Å². The Morgan fingerprint density at radius 2 is 0.597 bits per heavy atom. The van der Waals surface area contributed by atoms with Crippen LogP contribution in [-0.4, -0.2) is 96.7 Å². The van der Waals surface area contributed by atoms with Crippen LogP contribution in [0.1, 0.15) is 285 Å². The van der Waals surface area contributed by atoms with Gasteiger partial charge in [0.2, 0.25) is 0 Å². The topological polar surface area (TPSA) is 237 Å². The van der Waals surface area contributed by atoms with Crippen LogP contribution in [0.2, 0.25) is 0 Å². The van der Waals surface area contributed by atoms with Gasteiger partial charge in [0, 0.05) is 25.7 Å². The Morgan fingerprint density at radius 3 is 0.883 bits per heavy atom. The molecule has 0 radical (unpaired) electrons. The van der Waals surface area contributed by atoms with Gasteiger partial charge in [-0.3, -0.25) is 37.3 Å². The lowest BCUT2D eigenvalue weighted by atomic mass is 10.0. The van der Waals surface area contributed by atoms with Gasteiger partial charge in [-0.15, -0.1) is 0 Å². The van der Waals surface area contributed by atoms with Crippen molar-refractivity contribution < 1.29 is 80.2 Å². The lowest BCUT2D eigenvalue weighted by Gasteiger charge is -2.21. The number of carbonyl (C=O) groups is 4. The minimum atomic E-state index is -4.94. The van der Waals surface area contributed by atoms with E-state index in [1.807, 2.05) is 0 Å².